The summed E-state index contributed by atoms with van der Waals surface area (Å²) in [6, 6.07) is 13.9. The fourth-order valence-corrected chi connectivity index (χ4v) is 3.06. The number of benzene rings is 2. The monoisotopic (exact) mass is 368 g/mol. The normalized spacial score (nSPS) is 11.2. The van der Waals surface area contributed by atoms with Crippen LogP contribution in [0.5, 0.6) is 0 Å². The Hall–Kier alpha value is -1.03. The highest BCUT2D eigenvalue weighted by Crippen LogP contribution is 2.26. The second-order valence-corrected chi connectivity index (χ2v) is 5.98. The second-order valence-electron chi connectivity index (χ2n) is 4.45. The third-order valence-electron chi connectivity index (χ3n) is 3.21. The van der Waals surface area contributed by atoms with Crippen LogP contribution in [0, 0.1) is 0 Å². The van der Waals surface area contributed by atoms with Crippen molar-refractivity contribution in [3.05, 3.63) is 63.3 Å². The maximum Gasteiger partial charge on any atom is 0.125 e. The number of alkyl halides is 1. The molecule has 0 N–H and O–H groups in total. The van der Waals surface area contributed by atoms with Gasteiger partial charge >= 0.3 is 0 Å². The largest absolute Gasteiger partial charge is 0.322 e. The lowest BCUT2D eigenvalue weighted by molar-refractivity contribution is 0.776. The van der Waals surface area contributed by atoms with E-state index < -0.39 is 0 Å². The van der Waals surface area contributed by atoms with E-state index in [-0.39, 0.29) is 0 Å². The van der Waals surface area contributed by atoms with Gasteiger partial charge in [-0.05, 0) is 23.8 Å². The molecule has 1 heterocycles. The van der Waals surface area contributed by atoms with Crippen LogP contribution < -0.4 is 0 Å². The summed E-state index contributed by atoms with van der Waals surface area (Å²) in [4.78, 5) is 4.54. The first kappa shape index (κ1) is 13.9. The lowest BCUT2D eigenvalue weighted by Gasteiger charge is -2.09. The molecule has 20 heavy (non-hydrogen) atoms. The highest BCUT2D eigenvalue weighted by molar-refractivity contribution is 9.10. The van der Waals surface area contributed by atoms with Gasteiger partial charge in [-0.15, -0.1) is 11.6 Å². The van der Waals surface area contributed by atoms with E-state index in [1.54, 1.807) is 0 Å². The number of halogens is 3. The first-order valence-electron chi connectivity index (χ1n) is 6.13. The smallest absolute Gasteiger partial charge is 0.125 e. The molecular formula is C15H11BrCl2N2. The average Bonchev–Trinajstić information content (AvgIpc) is 2.81. The average molecular weight is 370 g/mol. The molecule has 0 bridgehead atoms. The minimum Gasteiger partial charge on any atom is -0.322 e. The van der Waals surface area contributed by atoms with Gasteiger partial charge in [0.2, 0.25) is 0 Å². The molecule has 0 aliphatic heterocycles. The molecule has 0 aliphatic carbocycles. The quantitative estimate of drug-likeness (QED) is 0.577. The van der Waals surface area contributed by atoms with Crippen molar-refractivity contribution < 1.29 is 0 Å². The van der Waals surface area contributed by atoms with Crippen molar-refractivity contribution in [3.63, 3.8) is 0 Å². The summed E-state index contributed by atoms with van der Waals surface area (Å²) in [6.07, 6.45) is 0. The van der Waals surface area contributed by atoms with Crippen LogP contribution in [0.4, 0.5) is 0 Å². The molecule has 0 atom stereocenters. The Bertz CT molecular complexity index is 768. The zero-order valence-corrected chi connectivity index (χ0v) is 13.6. The minimum atomic E-state index is 0.357. The molecule has 0 aliphatic rings. The van der Waals surface area contributed by atoms with Gasteiger partial charge in [-0.25, -0.2) is 4.98 Å². The number of imidazole rings is 1. The van der Waals surface area contributed by atoms with Crippen LogP contribution in [0.25, 0.3) is 11.0 Å². The van der Waals surface area contributed by atoms with Crippen molar-refractivity contribution >= 4 is 50.2 Å². The second kappa shape index (κ2) is 5.76. The van der Waals surface area contributed by atoms with Gasteiger partial charge in [-0.2, -0.15) is 0 Å². The van der Waals surface area contributed by atoms with Gasteiger partial charge in [0.25, 0.3) is 0 Å². The standard InChI is InChI=1S/C15H11BrCl2N2/c16-11-5-2-1-4-10(11)9-20-13-7-3-6-12(18)15(13)19-14(20)8-17/h1-7H,8-9H2. The summed E-state index contributed by atoms with van der Waals surface area (Å²) in [5.74, 6) is 1.18. The number of nitrogens with zero attached hydrogens (tertiary/aromatic N) is 2. The molecule has 0 saturated carbocycles. The van der Waals surface area contributed by atoms with Crippen LogP contribution in [-0.4, -0.2) is 9.55 Å². The van der Waals surface area contributed by atoms with Crippen molar-refractivity contribution in [2.45, 2.75) is 12.4 Å². The summed E-state index contributed by atoms with van der Waals surface area (Å²) in [7, 11) is 0. The Labute approximate surface area is 135 Å². The van der Waals surface area contributed by atoms with E-state index in [0.29, 0.717) is 17.4 Å². The van der Waals surface area contributed by atoms with Gasteiger partial charge in [-0.1, -0.05) is 51.8 Å². The summed E-state index contributed by atoms with van der Waals surface area (Å²) < 4.78 is 3.18. The molecule has 0 radical (unpaired) electrons. The summed E-state index contributed by atoms with van der Waals surface area (Å²) in [5, 5.41) is 0.653. The predicted octanol–water partition coefficient (Wildman–Crippen LogP) is 5.24. The lowest BCUT2D eigenvalue weighted by Crippen LogP contribution is -2.04. The molecule has 1 aromatic heterocycles. The molecule has 0 fully saturated rings. The Morgan fingerprint density at radius 2 is 1.90 bits per heavy atom. The summed E-state index contributed by atoms with van der Waals surface area (Å²) >= 11 is 15.8. The van der Waals surface area contributed by atoms with Crippen molar-refractivity contribution in [2.24, 2.45) is 0 Å². The molecule has 3 rings (SSSR count). The molecule has 2 aromatic carbocycles. The van der Waals surface area contributed by atoms with Gasteiger partial charge in [0.1, 0.15) is 11.3 Å². The van der Waals surface area contributed by atoms with Crippen LogP contribution in [-0.2, 0) is 12.4 Å². The number of hydrogen-bond donors (Lipinski definition) is 0. The highest BCUT2D eigenvalue weighted by atomic mass is 79.9. The zero-order valence-electron chi connectivity index (χ0n) is 10.5. The third-order valence-corrected chi connectivity index (χ3v) is 4.53. The molecule has 102 valence electrons. The minimum absolute atomic E-state index is 0.357. The molecule has 0 saturated heterocycles. The number of fused-ring (bicyclic) bond motifs is 1. The first-order chi connectivity index (χ1) is 9.70. The fourth-order valence-electron chi connectivity index (χ4n) is 2.24. The predicted molar refractivity (Wildman–Crippen MR) is 87.5 cm³/mol. The fraction of sp³-hybridized carbons (Fsp3) is 0.133. The molecule has 3 aromatic rings. The molecular weight excluding hydrogens is 359 g/mol. The first-order valence-corrected chi connectivity index (χ1v) is 7.84. The Morgan fingerprint density at radius 3 is 2.65 bits per heavy atom. The summed E-state index contributed by atoms with van der Waals surface area (Å²) in [6.45, 7) is 0.709. The SMILES string of the molecule is ClCc1nc2c(Cl)cccc2n1Cc1ccccc1Br. The maximum atomic E-state index is 6.21. The van der Waals surface area contributed by atoms with E-state index in [9.17, 15) is 0 Å². The zero-order chi connectivity index (χ0) is 14.1. The van der Waals surface area contributed by atoms with Gasteiger partial charge < -0.3 is 4.57 Å². The Kier molecular flexibility index (Phi) is 4.01. The lowest BCUT2D eigenvalue weighted by atomic mass is 10.2. The van der Waals surface area contributed by atoms with Gasteiger partial charge in [-0.3, -0.25) is 0 Å². The van der Waals surface area contributed by atoms with E-state index in [2.05, 4.69) is 31.5 Å². The highest BCUT2D eigenvalue weighted by Gasteiger charge is 2.13. The van der Waals surface area contributed by atoms with E-state index >= 15 is 0 Å². The molecule has 5 heteroatoms. The van der Waals surface area contributed by atoms with E-state index in [4.69, 9.17) is 23.2 Å². The van der Waals surface area contributed by atoms with Crippen molar-refractivity contribution in [2.75, 3.05) is 0 Å². The molecule has 0 amide bonds. The Morgan fingerprint density at radius 1 is 1.10 bits per heavy atom. The van der Waals surface area contributed by atoms with Crippen molar-refractivity contribution in [1.29, 1.82) is 0 Å². The van der Waals surface area contributed by atoms with Crippen molar-refractivity contribution in [3.8, 4) is 0 Å². The summed E-state index contributed by atoms with van der Waals surface area (Å²) in [5.41, 5.74) is 2.99. The number of hydrogen-bond acceptors (Lipinski definition) is 1. The van der Waals surface area contributed by atoms with Crippen LogP contribution in [0.15, 0.2) is 46.9 Å². The number of rotatable bonds is 3. The topological polar surface area (TPSA) is 17.8 Å². The van der Waals surface area contributed by atoms with E-state index in [1.165, 1.54) is 5.56 Å². The number of aromatic nitrogens is 2. The number of para-hydroxylation sites is 1. The van der Waals surface area contributed by atoms with E-state index in [0.717, 1.165) is 21.3 Å². The molecule has 0 unspecified atom stereocenters. The molecule has 0 spiro atoms. The third kappa shape index (κ3) is 2.46. The van der Waals surface area contributed by atoms with Gasteiger partial charge in [0, 0.05) is 4.47 Å². The van der Waals surface area contributed by atoms with Crippen LogP contribution in [0.1, 0.15) is 11.4 Å². The molecule has 2 nitrogen and oxygen atoms in total. The maximum absolute atomic E-state index is 6.21. The van der Waals surface area contributed by atoms with Gasteiger partial charge in [0.15, 0.2) is 0 Å². The Balaban J connectivity index is 2.15. The van der Waals surface area contributed by atoms with E-state index in [1.807, 2.05) is 36.4 Å². The van der Waals surface area contributed by atoms with Crippen LogP contribution >= 0.6 is 39.1 Å². The van der Waals surface area contributed by atoms with Crippen LogP contribution in [0.3, 0.4) is 0 Å². The van der Waals surface area contributed by atoms with Crippen molar-refractivity contribution in [1.82, 2.24) is 9.55 Å². The van der Waals surface area contributed by atoms with Crippen LogP contribution in [0.2, 0.25) is 5.02 Å². The van der Waals surface area contributed by atoms with Gasteiger partial charge in [0.05, 0.1) is 23.0 Å².